The third-order valence-electron chi connectivity index (χ3n) is 1.35. The van der Waals surface area contributed by atoms with Crippen LogP contribution >= 0.6 is 0 Å². The van der Waals surface area contributed by atoms with Crippen LogP contribution in [0.5, 0.6) is 0 Å². The van der Waals surface area contributed by atoms with Gasteiger partial charge in [-0.3, -0.25) is 0 Å². The summed E-state index contributed by atoms with van der Waals surface area (Å²) in [4.78, 5) is 0. The van der Waals surface area contributed by atoms with Gasteiger partial charge in [0.05, 0.1) is 12.9 Å². The summed E-state index contributed by atoms with van der Waals surface area (Å²) in [5, 5.41) is 0. The largest absolute Gasteiger partial charge is 0.501 e. The highest BCUT2D eigenvalue weighted by atomic mass is 16.5. The monoisotopic (exact) mass is 137 g/mol. The van der Waals surface area contributed by atoms with E-state index in [2.05, 4.69) is 0 Å². The SMILES string of the molecule is COC1=CC=C(N)C=CC1. The van der Waals surface area contributed by atoms with Gasteiger partial charge < -0.3 is 10.5 Å². The molecule has 2 nitrogen and oxygen atoms in total. The Labute approximate surface area is 60.7 Å². The van der Waals surface area contributed by atoms with Gasteiger partial charge in [-0.1, -0.05) is 6.08 Å². The van der Waals surface area contributed by atoms with Gasteiger partial charge in [-0.25, -0.2) is 0 Å². The maximum Gasteiger partial charge on any atom is 0.0993 e. The van der Waals surface area contributed by atoms with Crippen LogP contribution < -0.4 is 5.73 Å². The highest BCUT2D eigenvalue weighted by Crippen LogP contribution is 2.08. The molecule has 0 amide bonds. The first-order valence-corrected chi connectivity index (χ1v) is 3.20. The Hall–Kier alpha value is -1.18. The lowest BCUT2D eigenvalue weighted by Crippen LogP contribution is -1.89. The Balaban J connectivity index is 2.74. The molecule has 0 heterocycles. The standard InChI is InChI=1S/C8H11NO/c1-10-8-4-2-3-7(9)5-6-8/h2-3,5-6H,4,9H2,1H3. The zero-order valence-corrected chi connectivity index (χ0v) is 6.00. The lowest BCUT2D eigenvalue weighted by atomic mass is 10.3. The van der Waals surface area contributed by atoms with E-state index in [9.17, 15) is 0 Å². The van der Waals surface area contributed by atoms with E-state index in [1.54, 1.807) is 7.11 Å². The highest BCUT2D eigenvalue weighted by molar-refractivity contribution is 5.26. The zero-order valence-electron chi connectivity index (χ0n) is 6.00. The molecule has 2 N–H and O–H groups in total. The Morgan fingerprint density at radius 3 is 3.00 bits per heavy atom. The van der Waals surface area contributed by atoms with E-state index in [-0.39, 0.29) is 0 Å². The molecule has 1 aliphatic carbocycles. The van der Waals surface area contributed by atoms with Gasteiger partial charge in [0.1, 0.15) is 0 Å². The lowest BCUT2D eigenvalue weighted by Gasteiger charge is -1.98. The predicted molar refractivity (Wildman–Crippen MR) is 41.1 cm³/mol. The number of hydrogen-bond acceptors (Lipinski definition) is 2. The fraction of sp³-hybridized carbons (Fsp3) is 0.250. The van der Waals surface area contributed by atoms with Gasteiger partial charge in [-0.05, 0) is 18.2 Å². The number of rotatable bonds is 1. The first-order chi connectivity index (χ1) is 4.83. The van der Waals surface area contributed by atoms with Crippen molar-refractivity contribution in [3.05, 3.63) is 35.8 Å². The summed E-state index contributed by atoms with van der Waals surface area (Å²) in [5.74, 6) is 0.941. The van der Waals surface area contributed by atoms with Crippen molar-refractivity contribution in [3.8, 4) is 0 Å². The summed E-state index contributed by atoms with van der Waals surface area (Å²) in [6, 6.07) is 0. The predicted octanol–water partition coefficient (Wildman–Crippen LogP) is 1.32. The number of methoxy groups -OCH3 is 1. The molecule has 0 spiro atoms. The first-order valence-electron chi connectivity index (χ1n) is 3.20. The van der Waals surface area contributed by atoms with Crippen LogP contribution in [0.1, 0.15) is 6.42 Å². The molecule has 0 aromatic heterocycles. The second-order valence-electron chi connectivity index (χ2n) is 2.11. The topological polar surface area (TPSA) is 35.2 Å². The van der Waals surface area contributed by atoms with Crippen molar-refractivity contribution in [1.82, 2.24) is 0 Å². The minimum Gasteiger partial charge on any atom is -0.501 e. The van der Waals surface area contributed by atoms with Crippen LogP contribution in [-0.4, -0.2) is 7.11 Å². The fourth-order valence-corrected chi connectivity index (χ4v) is 0.775. The second kappa shape index (κ2) is 3.11. The Kier molecular flexibility index (Phi) is 2.15. The maximum atomic E-state index is 5.53. The Morgan fingerprint density at radius 1 is 1.50 bits per heavy atom. The molecule has 10 heavy (non-hydrogen) atoms. The normalized spacial score (nSPS) is 17.3. The molecule has 0 saturated heterocycles. The van der Waals surface area contributed by atoms with E-state index in [4.69, 9.17) is 10.5 Å². The van der Waals surface area contributed by atoms with Crippen molar-refractivity contribution >= 4 is 0 Å². The van der Waals surface area contributed by atoms with Gasteiger partial charge in [0, 0.05) is 12.1 Å². The quantitative estimate of drug-likeness (QED) is 0.591. The van der Waals surface area contributed by atoms with Gasteiger partial charge in [-0.15, -0.1) is 0 Å². The van der Waals surface area contributed by atoms with Crippen molar-refractivity contribution in [2.24, 2.45) is 5.73 Å². The van der Waals surface area contributed by atoms with Gasteiger partial charge in [0.2, 0.25) is 0 Å². The van der Waals surface area contributed by atoms with Gasteiger partial charge in [0.15, 0.2) is 0 Å². The van der Waals surface area contributed by atoms with Crippen molar-refractivity contribution in [3.63, 3.8) is 0 Å². The van der Waals surface area contributed by atoms with E-state index >= 15 is 0 Å². The van der Waals surface area contributed by atoms with Crippen LogP contribution in [-0.2, 0) is 4.74 Å². The van der Waals surface area contributed by atoms with Gasteiger partial charge in [0.25, 0.3) is 0 Å². The van der Waals surface area contributed by atoms with E-state index < -0.39 is 0 Å². The van der Waals surface area contributed by atoms with Crippen molar-refractivity contribution < 1.29 is 4.74 Å². The van der Waals surface area contributed by atoms with Crippen LogP contribution in [0.25, 0.3) is 0 Å². The summed E-state index contributed by atoms with van der Waals surface area (Å²) in [6.07, 6.45) is 8.40. The van der Waals surface area contributed by atoms with Crippen LogP contribution in [0.2, 0.25) is 0 Å². The molecule has 1 aliphatic rings. The van der Waals surface area contributed by atoms with Crippen molar-refractivity contribution in [2.45, 2.75) is 6.42 Å². The molecule has 0 saturated carbocycles. The maximum absolute atomic E-state index is 5.53. The summed E-state index contributed by atoms with van der Waals surface area (Å²) >= 11 is 0. The molecule has 0 bridgehead atoms. The summed E-state index contributed by atoms with van der Waals surface area (Å²) in [5.41, 5.74) is 6.30. The van der Waals surface area contributed by atoms with Crippen molar-refractivity contribution in [2.75, 3.05) is 7.11 Å². The molecule has 54 valence electrons. The van der Waals surface area contributed by atoms with E-state index in [1.807, 2.05) is 24.3 Å². The number of hydrogen-bond donors (Lipinski definition) is 1. The van der Waals surface area contributed by atoms with E-state index in [0.717, 1.165) is 17.9 Å². The van der Waals surface area contributed by atoms with Crippen LogP contribution in [0.3, 0.4) is 0 Å². The molecule has 0 aromatic rings. The molecule has 0 aromatic carbocycles. The number of nitrogens with two attached hydrogens (primary N) is 1. The Morgan fingerprint density at radius 2 is 2.30 bits per heavy atom. The lowest BCUT2D eigenvalue weighted by molar-refractivity contribution is 0.285. The molecular weight excluding hydrogens is 126 g/mol. The Bertz CT molecular complexity index is 201. The average molecular weight is 137 g/mol. The van der Waals surface area contributed by atoms with E-state index in [0.29, 0.717) is 0 Å². The average Bonchev–Trinajstić information content (AvgIpc) is 2.14. The highest BCUT2D eigenvalue weighted by Gasteiger charge is 1.94. The third kappa shape index (κ3) is 1.65. The van der Waals surface area contributed by atoms with Crippen LogP contribution in [0.4, 0.5) is 0 Å². The molecule has 0 fully saturated rings. The molecule has 1 rings (SSSR count). The molecule has 0 aliphatic heterocycles. The molecule has 0 atom stereocenters. The molecule has 2 heteroatoms. The minimum absolute atomic E-state index is 0.770. The fourth-order valence-electron chi connectivity index (χ4n) is 0.775. The smallest absolute Gasteiger partial charge is 0.0993 e. The third-order valence-corrected chi connectivity index (χ3v) is 1.35. The van der Waals surface area contributed by atoms with Crippen molar-refractivity contribution in [1.29, 1.82) is 0 Å². The summed E-state index contributed by atoms with van der Waals surface area (Å²) < 4.78 is 5.03. The minimum atomic E-state index is 0.770. The molecule has 0 radical (unpaired) electrons. The van der Waals surface area contributed by atoms with Crippen LogP contribution in [0.15, 0.2) is 35.8 Å². The van der Waals surface area contributed by atoms with Gasteiger partial charge in [-0.2, -0.15) is 0 Å². The molecular formula is C8H11NO. The van der Waals surface area contributed by atoms with E-state index in [1.165, 1.54) is 0 Å². The second-order valence-corrected chi connectivity index (χ2v) is 2.11. The zero-order chi connectivity index (χ0) is 7.40. The van der Waals surface area contributed by atoms with Crippen LogP contribution in [0, 0.1) is 0 Å². The summed E-state index contributed by atoms with van der Waals surface area (Å²) in [6.45, 7) is 0. The first kappa shape index (κ1) is 6.93. The number of allylic oxidation sites excluding steroid dienone is 4. The van der Waals surface area contributed by atoms with Gasteiger partial charge >= 0.3 is 0 Å². The summed E-state index contributed by atoms with van der Waals surface area (Å²) in [7, 11) is 1.66. The molecule has 0 unspecified atom stereocenters. The number of ether oxygens (including phenoxy) is 1.